The molecule has 0 aliphatic rings. The molecule has 0 spiro atoms. The van der Waals surface area contributed by atoms with Gasteiger partial charge >= 0.3 is 11.2 Å². The van der Waals surface area contributed by atoms with Crippen molar-refractivity contribution in [2.75, 3.05) is 0 Å². The largest absolute Gasteiger partial charge is 0.422 e. The summed E-state index contributed by atoms with van der Waals surface area (Å²) in [6, 6.07) is 14.6. The first-order valence-corrected chi connectivity index (χ1v) is 11.4. The molecule has 37 heavy (non-hydrogen) atoms. The first-order valence-electron chi connectivity index (χ1n) is 10.6. The van der Waals surface area contributed by atoms with Crippen molar-refractivity contribution in [1.82, 2.24) is 29.6 Å². The maximum atomic E-state index is 13.1. The fourth-order valence-corrected chi connectivity index (χ4v) is 4.51. The van der Waals surface area contributed by atoms with E-state index in [2.05, 4.69) is 30.6 Å². The van der Waals surface area contributed by atoms with Gasteiger partial charge in [0.1, 0.15) is 5.58 Å². The number of rotatable bonds is 5. The average Bonchev–Trinajstić information content (AvgIpc) is 3.55. The Balaban J connectivity index is 1.41. The molecule has 1 N–H and O–H groups in total. The van der Waals surface area contributed by atoms with E-state index in [9.17, 15) is 19.7 Å². The number of nitrogens with zero attached hydrogens (tertiary/aromatic N) is 8. The number of aromatic nitrogens is 6. The molecule has 182 valence electrons. The van der Waals surface area contributed by atoms with E-state index in [1.807, 2.05) is 12.1 Å². The summed E-state index contributed by atoms with van der Waals surface area (Å²) in [5.41, 5.74) is -0.445. The van der Waals surface area contributed by atoms with Crippen LogP contribution < -0.4 is 11.2 Å². The third kappa shape index (κ3) is 3.69. The van der Waals surface area contributed by atoms with Crippen molar-refractivity contribution < 1.29 is 9.34 Å². The molecule has 0 unspecified atom stereocenters. The summed E-state index contributed by atoms with van der Waals surface area (Å²) in [5, 5.41) is 35.5. The second kappa shape index (κ2) is 8.42. The van der Waals surface area contributed by atoms with Gasteiger partial charge in [0.05, 0.1) is 16.2 Å². The van der Waals surface area contributed by atoms with E-state index in [0.29, 0.717) is 21.2 Å². The normalized spacial score (nSPS) is 11.7. The smallest absolute Gasteiger partial charge is 0.346 e. The predicted molar refractivity (Wildman–Crippen MR) is 132 cm³/mol. The molecule has 0 aliphatic heterocycles. The lowest BCUT2D eigenvalue weighted by molar-refractivity contribution is -0.384. The van der Waals surface area contributed by atoms with E-state index in [4.69, 9.17) is 4.42 Å². The maximum absolute atomic E-state index is 13.1. The van der Waals surface area contributed by atoms with Gasteiger partial charge < -0.3 is 4.42 Å². The monoisotopic (exact) mass is 515 g/mol. The number of nitro groups is 1. The van der Waals surface area contributed by atoms with Gasteiger partial charge in [0.15, 0.2) is 16.4 Å². The number of hydrogen-bond acceptors (Lipinski definition) is 11. The number of nitro benzene ring substituents is 1. The summed E-state index contributed by atoms with van der Waals surface area (Å²) in [6.45, 7) is 1.59. The van der Waals surface area contributed by atoms with Gasteiger partial charge in [0.25, 0.3) is 11.6 Å². The summed E-state index contributed by atoms with van der Waals surface area (Å²) in [5.74, 6) is 0.0305. The second-order valence-corrected chi connectivity index (χ2v) is 8.71. The number of H-pyrrole nitrogens is 1. The van der Waals surface area contributed by atoms with Gasteiger partial charge in [-0.05, 0) is 25.1 Å². The van der Waals surface area contributed by atoms with Crippen molar-refractivity contribution in [2.24, 2.45) is 10.2 Å². The predicted octanol–water partition coefficient (Wildman–Crippen LogP) is 4.07. The highest BCUT2D eigenvalue weighted by atomic mass is 32.1. The minimum Gasteiger partial charge on any atom is -0.422 e. The lowest BCUT2D eigenvalue weighted by Gasteiger charge is -1.98. The number of para-hydroxylation sites is 2. The molecule has 4 heterocycles. The Labute approximate surface area is 208 Å². The molecule has 0 radical (unpaired) electrons. The molecule has 6 rings (SSSR count). The first kappa shape index (κ1) is 22.2. The van der Waals surface area contributed by atoms with Gasteiger partial charge in [0.2, 0.25) is 4.96 Å². The van der Waals surface area contributed by atoms with Crippen molar-refractivity contribution in [1.29, 1.82) is 0 Å². The number of aromatic amines is 1. The van der Waals surface area contributed by atoms with Crippen LogP contribution in [0.15, 0.2) is 78.8 Å². The van der Waals surface area contributed by atoms with E-state index in [1.54, 1.807) is 31.2 Å². The van der Waals surface area contributed by atoms with Gasteiger partial charge in [-0.2, -0.15) is 14.3 Å². The fraction of sp³-hybridized carbons (Fsp3) is 0.0455. The third-order valence-corrected chi connectivity index (χ3v) is 6.35. The minimum absolute atomic E-state index is 0.00211. The Morgan fingerprint density at radius 3 is 2.70 bits per heavy atom. The summed E-state index contributed by atoms with van der Waals surface area (Å²) in [7, 11) is 0. The van der Waals surface area contributed by atoms with E-state index >= 15 is 0 Å². The average molecular weight is 515 g/mol. The Kier molecular flexibility index (Phi) is 5.04. The minimum atomic E-state index is -0.617. The number of nitrogens with one attached hydrogen (secondary N) is 1. The number of benzene rings is 2. The molecule has 6 aromatic rings. The molecule has 4 aromatic heterocycles. The lowest BCUT2D eigenvalue weighted by Crippen LogP contribution is -2.17. The molecule has 2 aromatic carbocycles. The molecule has 0 saturated carbocycles. The molecular formula is C22H13N9O5S. The van der Waals surface area contributed by atoms with Crippen LogP contribution in [0.1, 0.15) is 5.69 Å². The molecule has 15 heteroatoms. The van der Waals surface area contributed by atoms with Gasteiger partial charge in [-0.3, -0.25) is 20.0 Å². The fourth-order valence-electron chi connectivity index (χ4n) is 3.67. The third-order valence-electron chi connectivity index (χ3n) is 5.42. The second-order valence-electron chi connectivity index (χ2n) is 7.76. The Bertz CT molecular complexity index is 2000. The number of hydrogen-bond donors (Lipinski definition) is 1. The molecule has 0 amide bonds. The van der Waals surface area contributed by atoms with Crippen LogP contribution in [0.5, 0.6) is 0 Å². The van der Waals surface area contributed by atoms with Gasteiger partial charge in [-0.1, -0.05) is 41.7 Å². The topological polar surface area (TPSA) is 179 Å². The van der Waals surface area contributed by atoms with Crippen molar-refractivity contribution in [2.45, 2.75) is 6.92 Å². The van der Waals surface area contributed by atoms with Crippen LogP contribution in [-0.2, 0) is 0 Å². The van der Waals surface area contributed by atoms with Gasteiger partial charge in [-0.15, -0.1) is 20.4 Å². The zero-order chi connectivity index (χ0) is 25.7. The zero-order valence-electron chi connectivity index (χ0n) is 18.7. The molecule has 0 atom stereocenters. The molecule has 14 nitrogen and oxygen atoms in total. The van der Waals surface area contributed by atoms with E-state index in [0.717, 1.165) is 21.4 Å². The number of azo groups is 1. The van der Waals surface area contributed by atoms with Gasteiger partial charge in [0, 0.05) is 11.5 Å². The first-order chi connectivity index (χ1) is 17.9. The maximum Gasteiger partial charge on any atom is 0.346 e. The lowest BCUT2D eigenvalue weighted by atomic mass is 10.2. The highest BCUT2D eigenvalue weighted by molar-refractivity contribution is 7.19. The van der Waals surface area contributed by atoms with Crippen LogP contribution in [0.25, 0.3) is 32.4 Å². The number of aryl methyl sites for hydroxylation is 1. The summed E-state index contributed by atoms with van der Waals surface area (Å²) in [4.78, 5) is 36.7. The van der Waals surface area contributed by atoms with Crippen LogP contribution in [0.4, 0.5) is 17.1 Å². The summed E-state index contributed by atoms with van der Waals surface area (Å²) >= 11 is 1.10. The van der Waals surface area contributed by atoms with Crippen molar-refractivity contribution in [3.63, 3.8) is 0 Å². The van der Waals surface area contributed by atoms with Crippen LogP contribution in [0.3, 0.4) is 0 Å². The molecule has 0 aliphatic carbocycles. The summed E-state index contributed by atoms with van der Waals surface area (Å²) in [6.07, 6.45) is 0. The van der Waals surface area contributed by atoms with Gasteiger partial charge in [-0.25, -0.2) is 4.79 Å². The highest BCUT2D eigenvalue weighted by Gasteiger charge is 2.21. The molecular weight excluding hydrogens is 502 g/mol. The highest BCUT2D eigenvalue weighted by Crippen LogP contribution is 2.29. The van der Waals surface area contributed by atoms with Crippen LogP contribution in [0, 0.1) is 17.0 Å². The van der Waals surface area contributed by atoms with Crippen LogP contribution in [-0.4, -0.2) is 34.5 Å². The number of fused-ring (bicyclic) bond motifs is 2. The quantitative estimate of drug-likeness (QED) is 0.154. The Morgan fingerprint density at radius 2 is 1.86 bits per heavy atom. The van der Waals surface area contributed by atoms with Crippen LogP contribution in [0.2, 0.25) is 0 Å². The van der Waals surface area contributed by atoms with Crippen molar-refractivity contribution in [3.05, 3.63) is 91.2 Å². The SMILES string of the molecule is Cc1[nH]n(-c2nnc3sc(-c4cc5ccccc5oc4=O)nn23)c(=O)c1N=Nc1ccccc1[N+](=O)[O-]. The molecule has 0 fully saturated rings. The zero-order valence-corrected chi connectivity index (χ0v) is 19.5. The standard InChI is InChI=1S/C22H13N9O5S/c1-11-17(24-23-14-7-3-4-8-15(14)31(34)35)19(32)29(27-11)21-25-26-22-30(21)28-18(37-22)13-10-12-6-2-5-9-16(12)36-20(13)33/h2-10,27H,1H3. The Morgan fingerprint density at radius 1 is 1.08 bits per heavy atom. The van der Waals surface area contributed by atoms with Crippen molar-refractivity contribution >= 4 is 44.3 Å². The van der Waals surface area contributed by atoms with Crippen LogP contribution >= 0.6 is 11.3 Å². The molecule has 0 saturated heterocycles. The molecule has 0 bridgehead atoms. The van der Waals surface area contributed by atoms with E-state index < -0.39 is 16.1 Å². The Hall–Kier alpha value is -5.31. The van der Waals surface area contributed by atoms with Crippen molar-refractivity contribution in [3.8, 4) is 16.5 Å². The summed E-state index contributed by atoms with van der Waals surface area (Å²) < 4.78 is 7.79. The van der Waals surface area contributed by atoms with E-state index in [-0.39, 0.29) is 28.6 Å². The van der Waals surface area contributed by atoms with E-state index in [1.165, 1.54) is 22.7 Å².